The molecule has 8 nitrogen and oxygen atoms in total. The number of urea groups is 1. The number of rotatable bonds is 5. The highest BCUT2D eigenvalue weighted by molar-refractivity contribution is 8.00. The maximum absolute atomic E-state index is 12.0. The number of nitrogens with one attached hydrogen (secondary N) is 2. The third-order valence-electron chi connectivity index (χ3n) is 3.16. The quantitative estimate of drug-likeness (QED) is 0.710. The minimum absolute atomic E-state index is 0.143. The van der Waals surface area contributed by atoms with E-state index in [2.05, 4.69) is 4.74 Å². The Labute approximate surface area is 155 Å². The van der Waals surface area contributed by atoms with E-state index in [1.54, 1.807) is 29.6 Å². The van der Waals surface area contributed by atoms with Crippen LogP contribution >= 0.6 is 11.8 Å². The van der Waals surface area contributed by atoms with E-state index in [4.69, 9.17) is 0 Å². The van der Waals surface area contributed by atoms with Crippen molar-refractivity contribution in [3.05, 3.63) is 24.3 Å². The Morgan fingerprint density at radius 1 is 1.22 bits per heavy atom. The fraction of sp³-hybridized carbons (Fsp3) is 0.333. The maximum atomic E-state index is 12.0. The minimum Gasteiger partial charge on any atom is -0.454 e. The molecule has 27 heavy (non-hydrogen) atoms. The van der Waals surface area contributed by atoms with Crippen LogP contribution in [0.25, 0.3) is 0 Å². The Hall–Kier alpha value is -2.76. The van der Waals surface area contributed by atoms with Crippen molar-refractivity contribution in [1.82, 2.24) is 10.6 Å². The lowest BCUT2D eigenvalue weighted by Gasteiger charge is -2.27. The number of esters is 1. The summed E-state index contributed by atoms with van der Waals surface area (Å²) in [6.07, 6.45) is -4.62. The standard InChI is InChI=1S/C15H14F3N3O5S/c16-15(17,18)8-19-14(25)20-11(22)6-26-13(24)5-21-9-3-1-2-4-10(9)27-7-12(21)23/h1-4H,5-8H2,(H2,19,20,22,25). The number of imide groups is 1. The van der Waals surface area contributed by atoms with Gasteiger partial charge in [0.25, 0.3) is 5.91 Å². The Balaban J connectivity index is 1.80. The molecular formula is C15H14F3N3O5S. The molecule has 4 amide bonds. The fourth-order valence-electron chi connectivity index (χ4n) is 2.04. The van der Waals surface area contributed by atoms with Crippen LogP contribution in [0.15, 0.2) is 29.2 Å². The number of hydrogen-bond acceptors (Lipinski definition) is 6. The number of alkyl halides is 3. The first kappa shape index (κ1) is 20.6. The van der Waals surface area contributed by atoms with Gasteiger partial charge < -0.3 is 10.1 Å². The van der Waals surface area contributed by atoms with Crippen LogP contribution in [-0.2, 0) is 19.1 Å². The summed E-state index contributed by atoms with van der Waals surface area (Å²) in [5.41, 5.74) is 0.534. The molecule has 0 aliphatic carbocycles. The van der Waals surface area contributed by atoms with Crippen LogP contribution < -0.4 is 15.5 Å². The van der Waals surface area contributed by atoms with Gasteiger partial charge in [-0.25, -0.2) is 4.79 Å². The number of ether oxygens (including phenoxy) is 1. The number of amides is 4. The highest BCUT2D eigenvalue weighted by atomic mass is 32.2. The number of thioether (sulfide) groups is 1. The topological polar surface area (TPSA) is 105 Å². The zero-order valence-corrected chi connectivity index (χ0v) is 14.5. The third-order valence-corrected chi connectivity index (χ3v) is 4.21. The summed E-state index contributed by atoms with van der Waals surface area (Å²) in [5, 5.41) is 3.02. The molecule has 0 saturated carbocycles. The van der Waals surface area contributed by atoms with Gasteiger partial charge in [0.05, 0.1) is 11.4 Å². The number of nitrogens with zero attached hydrogens (tertiary/aromatic N) is 1. The first-order valence-electron chi connectivity index (χ1n) is 7.48. The average molecular weight is 405 g/mol. The molecule has 2 rings (SSSR count). The second-order valence-corrected chi connectivity index (χ2v) is 6.26. The van der Waals surface area contributed by atoms with Crippen molar-refractivity contribution in [2.45, 2.75) is 11.1 Å². The van der Waals surface area contributed by atoms with Gasteiger partial charge in [0.15, 0.2) is 6.61 Å². The van der Waals surface area contributed by atoms with Crippen molar-refractivity contribution in [2.24, 2.45) is 0 Å². The molecule has 1 aromatic carbocycles. The number of para-hydroxylation sites is 1. The van der Waals surface area contributed by atoms with Gasteiger partial charge in [-0.3, -0.25) is 24.6 Å². The van der Waals surface area contributed by atoms with E-state index < -0.39 is 43.8 Å². The van der Waals surface area contributed by atoms with Crippen LogP contribution in [0.5, 0.6) is 0 Å². The van der Waals surface area contributed by atoms with E-state index in [0.717, 1.165) is 4.90 Å². The lowest BCUT2D eigenvalue weighted by atomic mass is 10.2. The van der Waals surface area contributed by atoms with Crippen molar-refractivity contribution >= 4 is 41.3 Å². The molecule has 0 saturated heterocycles. The highest BCUT2D eigenvalue weighted by Crippen LogP contribution is 2.34. The molecule has 1 aromatic rings. The van der Waals surface area contributed by atoms with Gasteiger partial charge in [0.1, 0.15) is 13.1 Å². The van der Waals surface area contributed by atoms with Gasteiger partial charge >= 0.3 is 18.2 Å². The first-order chi connectivity index (χ1) is 12.7. The summed E-state index contributed by atoms with van der Waals surface area (Å²) < 4.78 is 40.5. The van der Waals surface area contributed by atoms with Gasteiger partial charge in [0, 0.05) is 4.90 Å². The largest absolute Gasteiger partial charge is 0.454 e. The van der Waals surface area contributed by atoms with Gasteiger partial charge in [0.2, 0.25) is 5.91 Å². The van der Waals surface area contributed by atoms with Crippen LogP contribution in [0.2, 0.25) is 0 Å². The molecule has 0 fully saturated rings. The number of carbonyl (C=O) groups is 4. The van der Waals surface area contributed by atoms with Crippen molar-refractivity contribution < 1.29 is 37.1 Å². The van der Waals surface area contributed by atoms with Crippen LogP contribution in [0.3, 0.4) is 0 Å². The zero-order chi connectivity index (χ0) is 20.0. The number of benzene rings is 1. The summed E-state index contributed by atoms with van der Waals surface area (Å²) in [6, 6.07) is 5.56. The van der Waals surface area contributed by atoms with Crippen LogP contribution in [0.4, 0.5) is 23.7 Å². The van der Waals surface area contributed by atoms with E-state index >= 15 is 0 Å². The molecule has 0 atom stereocenters. The number of anilines is 1. The van der Waals surface area contributed by atoms with Crippen molar-refractivity contribution in [3.8, 4) is 0 Å². The zero-order valence-electron chi connectivity index (χ0n) is 13.7. The SMILES string of the molecule is O=C(COC(=O)CN1C(=O)CSc2ccccc21)NC(=O)NCC(F)(F)F. The van der Waals surface area contributed by atoms with Crippen LogP contribution in [0, 0.1) is 0 Å². The molecule has 12 heteroatoms. The molecule has 0 aromatic heterocycles. The normalized spacial score (nSPS) is 13.6. The second-order valence-electron chi connectivity index (χ2n) is 5.24. The summed E-state index contributed by atoms with van der Waals surface area (Å²) >= 11 is 1.33. The van der Waals surface area contributed by atoms with Gasteiger partial charge in [-0.05, 0) is 12.1 Å². The maximum Gasteiger partial charge on any atom is 0.405 e. The van der Waals surface area contributed by atoms with E-state index in [1.807, 2.05) is 0 Å². The lowest BCUT2D eigenvalue weighted by Crippen LogP contribution is -2.45. The van der Waals surface area contributed by atoms with Gasteiger partial charge in [-0.2, -0.15) is 13.2 Å². The van der Waals surface area contributed by atoms with Crippen molar-refractivity contribution in [1.29, 1.82) is 0 Å². The van der Waals surface area contributed by atoms with E-state index in [0.29, 0.717) is 5.69 Å². The molecular weight excluding hydrogens is 391 g/mol. The van der Waals surface area contributed by atoms with Crippen LogP contribution in [0.1, 0.15) is 0 Å². The Bertz CT molecular complexity index is 756. The molecule has 1 heterocycles. The smallest absolute Gasteiger partial charge is 0.405 e. The summed E-state index contributed by atoms with van der Waals surface area (Å²) in [4.78, 5) is 48.4. The molecule has 146 valence electrons. The molecule has 0 spiro atoms. The predicted octanol–water partition coefficient (Wildman–Crippen LogP) is 1.06. The summed E-state index contributed by atoms with van der Waals surface area (Å²) in [6.45, 7) is -2.93. The first-order valence-corrected chi connectivity index (χ1v) is 8.46. The second kappa shape index (κ2) is 8.75. The molecule has 0 bridgehead atoms. The average Bonchev–Trinajstić information content (AvgIpc) is 2.60. The van der Waals surface area contributed by atoms with Crippen LogP contribution in [-0.4, -0.2) is 55.4 Å². The molecule has 1 aliphatic heterocycles. The number of halogens is 3. The molecule has 2 N–H and O–H groups in total. The van der Waals surface area contributed by atoms with E-state index in [9.17, 15) is 32.3 Å². The number of carbonyl (C=O) groups excluding carboxylic acids is 4. The van der Waals surface area contributed by atoms with E-state index in [-0.39, 0.29) is 11.7 Å². The number of fused-ring (bicyclic) bond motifs is 1. The van der Waals surface area contributed by atoms with Crippen molar-refractivity contribution in [3.63, 3.8) is 0 Å². The monoisotopic (exact) mass is 405 g/mol. The summed E-state index contributed by atoms with van der Waals surface area (Å²) in [7, 11) is 0. The lowest BCUT2D eigenvalue weighted by molar-refractivity contribution is -0.147. The van der Waals surface area contributed by atoms with E-state index in [1.165, 1.54) is 22.0 Å². The Morgan fingerprint density at radius 2 is 1.93 bits per heavy atom. The Kier molecular flexibility index (Phi) is 6.66. The molecule has 1 aliphatic rings. The summed E-state index contributed by atoms with van der Waals surface area (Å²) in [5.74, 6) is -2.18. The van der Waals surface area contributed by atoms with Crippen molar-refractivity contribution in [2.75, 3.05) is 30.3 Å². The molecule has 0 radical (unpaired) electrons. The third kappa shape index (κ3) is 6.47. The van der Waals surface area contributed by atoms with Gasteiger partial charge in [-0.15, -0.1) is 11.8 Å². The molecule has 0 unspecified atom stereocenters. The Morgan fingerprint density at radius 3 is 2.63 bits per heavy atom. The van der Waals surface area contributed by atoms with Gasteiger partial charge in [-0.1, -0.05) is 12.1 Å². The minimum atomic E-state index is -4.62. The number of hydrogen-bond donors (Lipinski definition) is 2. The highest BCUT2D eigenvalue weighted by Gasteiger charge is 2.29. The predicted molar refractivity (Wildman–Crippen MR) is 88.1 cm³/mol. The fourth-order valence-corrected chi connectivity index (χ4v) is 2.97.